The topological polar surface area (TPSA) is 93.7 Å². The minimum atomic E-state index is -3.87. The summed E-state index contributed by atoms with van der Waals surface area (Å²) < 4.78 is 38.1. The summed E-state index contributed by atoms with van der Waals surface area (Å²) in [6.07, 6.45) is 0. The summed E-state index contributed by atoms with van der Waals surface area (Å²) in [6, 6.07) is 11.1. The second-order valence-corrected chi connectivity index (χ2v) is 7.14. The number of benzene rings is 2. The van der Waals surface area contributed by atoms with Crippen molar-refractivity contribution < 1.29 is 22.7 Å². The molecule has 2 aromatic carbocycles. The van der Waals surface area contributed by atoms with Gasteiger partial charge in [0.25, 0.3) is 15.9 Å². The van der Waals surface area contributed by atoms with Crippen molar-refractivity contribution in [2.45, 2.75) is 18.4 Å². The first kappa shape index (κ1) is 19.7. The van der Waals surface area contributed by atoms with Crippen molar-refractivity contribution in [1.82, 2.24) is 5.32 Å². The van der Waals surface area contributed by atoms with E-state index in [0.717, 1.165) is 5.56 Å². The summed E-state index contributed by atoms with van der Waals surface area (Å²) in [6.45, 7) is 2.57. The van der Waals surface area contributed by atoms with Gasteiger partial charge in [-0.15, -0.1) is 0 Å². The number of nitrogens with one attached hydrogen (secondary N) is 2. The quantitative estimate of drug-likeness (QED) is 0.736. The highest BCUT2D eigenvalue weighted by Crippen LogP contribution is 2.24. The van der Waals surface area contributed by atoms with E-state index in [9.17, 15) is 13.2 Å². The Hall–Kier alpha value is -2.58. The van der Waals surface area contributed by atoms with Crippen LogP contribution in [0.25, 0.3) is 0 Å². The second-order valence-electron chi connectivity index (χ2n) is 5.46. The van der Waals surface area contributed by atoms with Gasteiger partial charge in [0.1, 0.15) is 5.75 Å². The van der Waals surface area contributed by atoms with Crippen molar-refractivity contribution in [2.75, 3.05) is 25.5 Å². The molecule has 8 heteroatoms. The zero-order valence-corrected chi connectivity index (χ0v) is 15.7. The fourth-order valence-corrected chi connectivity index (χ4v) is 3.47. The Labute approximate surface area is 153 Å². The van der Waals surface area contributed by atoms with Crippen LogP contribution in [0.1, 0.15) is 22.8 Å². The molecule has 140 valence electrons. The van der Waals surface area contributed by atoms with Gasteiger partial charge in [0.05, 0.1) is 24.2 Å². The molecule has 0 fully saturated rings. The zero-order valence-electron chi connectivity index (χ0n) is 14.9. The van der Waals surface area contributed by atoms with E-state index in [1.54, 1.807) is 32.2 Å². The third kappa shape index (κ3) is 4.74. The molecule has 26 heavy (non-hydrogen) atoms. The number of methoxy groups -OCH3 is 2. The molecule has 0 aliphatic rings. The summed E-state index contributed by atoms with van der Waals surface area (Å²) in [7, 11) is -0.878. The molecular formula is C18H22N2O5S. The minimum Gasteiger partial charge on any atom is -0.496 e. The second kappa shape index (κ2) is 8.68. The van der Waals surface area contributed by atoms with E-state index in [2.05, 4.69) is 10.0 Å². The number of carbonyl (C=O) groups excluding carboxylic acids is 1. The highest BCUT2D eigenvalue weighted by molar-refractivity contribution is 7.92. The fraction of sp³-hybridized carbons (Fsp3) is 0.278. The molecule has 7 nitrogen and oxygen atoms in total. The molecule has 2 rings (SSSR count). The van der Waals surface area contributed by atoms with Crippen LogP contribution in [-0.2, 0) is 21.4 Å². The predicted molar refractivity (Wildman–Crippen MR) is 99.0 cm³/mol. The van der Waals surface area contributed by atoms with Gasteiger partial charge in [-0.3, -0.25) is 9.52 Å². The molecule has 2 N–H and O–H groups in total. The SMILES string of the molecule is CCNC(=O)c1cc(S(=O)(=O)Nc2cccc(COC)c2)ccc1OC. The summed E-state index contributed by atoms with van der Waals surface area (Å²) in [5.41, 5.74) is 1.41. The molecule has 0 saturated heterocycles. The molecule has 0 spiro atoms. The third-order valence-electron chi connectivity index (χ3n) is 3.55. The van der Waals surface area contributed by atoms with Crippen molar-refractivity contribution in [2.24, 2.45) is 0 Å². The highest BCUT2D eigenvalue weighted by Gasteiger charge is 2.20. The van der Waals surface area contributed by atoms with Crippen LogP contribution in [0, 0.1) is 0 Å². The summed E-state index contributed by atoms with van der Waals surface area (Å²) in [5, 5.41) is 2.64. The van der Waals surface area contributed by atoms with Crippen LogP contribution in [-0.4, -0.2) is 35.1 Å². The van der Waals surface area contributed by atoms with E-state index < -0.39 is 15.9 Å². The van der Waals surface area contributed by atoms with Gasteiger partial charge < -0.3 is 14.8 Å². The molecule has 0 unspecified atom stereocenters. The van der Waals surface area contributed by atoms with Crippen LogP contribution < -0.4 is 14.8 Å². The highest BCUT2D eigenvalue weighted by atomic mass is 32.2. The molecule has 0 saturated carbocycles. The molecule has 0 radical (unpaired) electrons. The number of rotatable bonds is 8. The van der Waals surface area contributed by atoms with Crippen LogP contribution in [0.15, 0.2) is 47.4 Å². The van der Waals surface area contributed by atoms with Gasteiger partial charge >= 0.3 is 0 Å². The van der Waals surface area contributed by atoms with Crippen LogP contribution in [0.4, 0.5) is 5.69 Å². The Morgan fingerprint density at radius 1 is 1.12 bits per heavy atom. The minimum absolute atomic E-state index is 0.0308. The number of ether oxygens (including phenoxy) is 2. The van der Waals surface area contributed by atoms with Gasteiger partial charge in [0.15, 0.2) is 0 Å². The van der Waals surface area contributed by atoms with Crippen LogP contribution >= 0.6 is 0 Å². The zero-order chi connectivity index (χ0) is 19.2. The summed E-state index contributed by atoms with van der Waals surface area (Å²) >= 11 is 0. The Morgan fingerprint density at radius 2 is 1.88 bits per heavy atom. The first-order chi connectivity index (χ1) is 12.4. The average molecular weight is 378 g/mol. The number of sulfonamides is 1. The van der Waals surface area contributed by atoms with Gasteiger partial charge in [-0.05, 0) is 42.8 Å². The molecule has 0 atom stereocenters. The molecule has 0 heterocycles. The van der Waals surface area contributed by atoms with Gasteiger partial charge in [-0.1, -0.05) is 12.1 Å². The van der Waals surface area contributed by atoms with Crippen molar-refractivity contribution >= 4 is 21.6 Å². The lowest BCUT2D eigenvalue weighted by atomic mass is 10.2. The van der Waals surface area contributed by atoms with Crippen molar-refractivity contribution in [3.8, 4) is 5.75 Å². The lowest BCUT2D eigenvalue weighted by molar-refractivity contribution is 0.0952. The van der Waals surface area contributed by atoms with Crippen LogP contribution in [0.2, 0.25) is 0 Å². The van der Waals surface area contributed by atoms with E-state index in [-0.39, 0.29) is 10.5 Å². The van der Waals surface area contributed by atoms with Crippen LogP contribution in [0.5, 0.6) is 5.75 Å². The molecule has 1 amide bonds. The van der Waals surface area contributed by atoms with E-state index in [1.165, 1.54) is 25.3 Å². The van der Waals surface area contributed by atoms with Gasteiger partial charge in [-0.2, -0.15) is 0 Å². The molecule has 0 aliphatic carbocycles. The van der Waals surface area contributed by atoms with Gasteiger partial charge in [-0.25, -0.2) is 8.42 Å². The first-order valence-corrected chi connectivity index (χ1v) is 9.46. The van der Waals surface area contributed by atoms with Crippen molar-refractivity contribution in [3.05, 3.63) is 53.6 Å². The maximum atomic E-state index is 12.7. The first-order valence-electron chi connectivity index (χ1n) is 7.98. The van der Waals surface area contributed by atoms with E-state index >= 15 is 0 Å². The number of amides is 1. The number of anilines is 1. The Bertz CT molecular complexity index is 881. The smallest absolute Gasteiger partial charge is 0.261 e. The van der Waals surface area contributed by atoms with E-state index in [1.807, 2.05) is 6.07 Å². The number of carbonyl (C=O) groups is 1. The van der Waals surface area contributed by atoms with E-state index in [0.29, 0.717) is 24.6 Å². The van der Waals surface area contributed by atoms with Crippen molar-refractivity contribution in [3.63, 3.8) is 0 Å². The van der Waals surface area contributed by atoms with Crippen LogP contribution in [0.3, 0.4) is 0 Å². The standard InChI is InChI=1S/C18H22N2O5S/c1-4-19-18(21)16-11-15(8-9-17(16)25-3)26(22,23)20-14-7-5-6-13(10-14)12-24-2/h5-11,20H,4,12H2,1-3H3,(H,19,21). The molecule has 2 aromatic rings. The van der Waals surface area contributed by atoms with E-state index in [4.69, 9.17) is 9.47 Å². The Kier molecular flexibility index (Phi) is 6.59. The Balaban J connectivity index is 2.35. The largest absolute Gasteiger partial charge is 0.496 e. The molecule has 0 aliphatic heterocycles. The maximum absolute atomic E-state index is 12.7. The normalized spacial score (nSPS) is 11.0. The summed E-state index contributed by atoms with van der Waals surface area (Å²) in [5.74, 6) is -0.0968. The molecule has 0 aromatic heterocycles. The van der Waals surface area contributed by atoms with Crippen molar-refractivity contribution in [1.29, 1.82) is 0 Å². The lowest BCUT2D eigenvalue weighted by Gasteiger charge is -2.13. The lowest BCUT2D eigenvalue weighted by Crippen LogP contribution is -2.24. The summed E-state index contributed by atoms with van der Waals surface area (Å²) in [4.78, 5) is 12.1. The van der Waals surface area contributed by atoms with Gasteiger partial charge in [0.2, 0.25) is 0 Å². The molecular weight excluding hydrogens is 356 g/mol. The third-order valence-corrected chi connectivity index (χ3v) is 4.93. The maximum Gasteiger partial charge on any atom is 0.261 e. The number of hydrogen-bond acceptors (Lipinski definition) is 5. The molecule has 0 bridgehead atoms. The predicted octanol–water partition coefficient (Wildman–Crippen LogP) is 2.39. The monoisotopic (exact) mass is 378 g/mol. The Morgan fingerprint density at radius 3 is 2.54 bits per heavy atom. The van der Waals surface area contributed by atoms with Gasteiger partial charge in [0, 0.05) is 19.3 Å². The fourth-order valence-electron chi connectivity index (χ4n) is 2.39. The average Bonchev–Trinajstić information content (AvgIpc) is 2.61. The number of hydrogen-bond donors (Lipinski definition) is 2.